The maximum Gasteiger partial charge on any atom is 0.434 e. The van der Waals surface area contributed by atoms with Crippen molar-refractivity contribution < 1.29 is 23.1 Å². The summed E-state index contributed by atoms with van der Waals surface area (Å²) >= 11 is 1.04. The number of hydrogen-bond acceptors (Lipinski definition) is 5. The van der Waals surface area contributed by atoms with Crippen LogP contribution in [0.2, 0.25) is 0 Å². The van der Waals surface area contributed by atoms with Gasteiger partial charge in [0.25, 0.3) is 0 Å². The van der Waals surface area contributed by atoms with E-state index in [1.807, 2.05) is 4.90 Å². The van der Waals surface area contributed by atoms with Gasteiger partial charge in [-0.15, -0.1) is 11.3 Å². The van der Waals surface area contributed by atoms with Crippen LogP contribution in [-0.4, -0.2) is 34.1 Å². The Balaban J connectivity index is 1.67. The van der Waals surface area contributed by atoms with Gasteiger partial charge in [0.2, 0.25) is 0 Å². The van der Waals surface area contributed by atoms with Crippen LogP contribution in [0.5, 0.6) is 0 Å². The number of thiazole rings is 1. The van der Waals surface area contributed by atoms with Gasteiger partial charge in [-0.1, -0.05) is 6.07 Å². The number of aromatic carboxylic acids is 1. The summed E-state index contributed by atoms with van der Waals surface area (Å²) in [6.07, 6.45) is -3.09. The minimum Gasteiger partial charge on any atom is -0.477 e. The molecular weight excluding hydrogens is 343 g/mol. The number of carboxylic acid groups (broad SMARTS) is 1. The largest absolute Gasteiger partial charge is 0.477 e. The van der Waals surface area contributed by atoms with Crippen molar-refractivity contribution in [3.8, 4) is 0 Å². The molecule has 0 aliphatic carbocycles. The zero-order valence-corrected chi connectivity index (χ0v) is 13.3. The Kier molecular flexibility index (Phi) is 4.44. The van der Waals surface area contributed by atoms with E-state index < -0.39 is 17.8 Å². The van der Waals surface area contributed by atoms with Crippen molar-refractivity contribution in [1.29, 1.82) is 0 Å². The minimum atomic E-state index is -4.41. The number of carboxylic acids is 1. The third-order valence-corrected chi connectivity index (χ3v) is 4.94. The van der Waals surface area contributed by atoms with Gasteiger partial charge in [0.15, 0.2) is 11.4 Å². The molecule has 1 fully saturated rings. The quantitative estimate of drug-likeness (QED) is 0.908. The number of alkyl halides is 3. The molecule has 0 aromatic carbocycles. The summed E-state index contributed by atoms with van der Waals surface area (Å²) in [5.41, 5.74) is -0.856. The molecule has 3 rings (SSSR count). The molecule has 3 heterocycles. The second-order valence-electron chi connectivity index (χ2n) is 5.52. The normalized spacial score (nSPS) is 16.4. The molecule has 0 unspecified atom stereocenters. The van der Waals surface area contributed by atoms with E-state index in [-0.39, 0.29) is 11.6 Å². The first-order valence-corrected chi connectivity index (χ1v) is 8.20. The Morgan fingerprint density at radius 3 is 2.54 bits per heavy atom. The molecule has 0 bridgehead atoms. The highest BCUT2D eigenvalue weighted by Crippen LogP contribution is 2.36. The third-order valence-electron chi connectivity index (χ3n) is 3.93. The van der Waals surface area contributed by atoms with E-state index in [1.165, 1.54) is 6.07 Å². The first-order valence-electron chi connectivity index (χ1n) is 7.32. The molecule has 1 aliphatic heterocycles. The molecule has 1 aliphatic rings. The van der Waals surface area contributed by atoms with Crippen LogP contribution in [0.3, 0.4) is 0 Å². The average Bonchev–Trinajstić information content (AvgIpc) is 3.05. The number of halogens is 3. The smallest absolute Gasteiger partial charge is 0.434 e. The minimum absolute atomic E-state index is 0.00925. The Hall–Kier alpha value is -2.16. The van der Waals surface area contributed by atoms with E-state index in [9.17, 15) is 18.0 Å². The number of piperidine rings is 1. The van der Waals surface area contributed by atoms with E-state index in [1.54, 1.807) is 12.1 Å². The van der Waals surface area contributed by atoms with E-state index in [4.69, 9.17) is 5.11 Å². The number of rotatable bonds is 3. The first kappa shape index (κ1) is 16.7. The fourth-order valence-electron chi connectivity index (χ4n) is 2.68. The van der Waals surface area contributed by atoms with Gasteiger partial charge in [-0.05, 0) is 25.0 Å². The molecule has 5 nitrogen and oxygen atoms in total. The molecular formula is C15H14F3N3O2S. The van der Waals surface area contributed by atoms with Gasteiger partial charge < -0.3 is 10.0 Å². The van der Waals surface area contributed by atoms with Crippen LogP contribution in [0.15, 0.2) is 23.6 Å². The third kappa shape index (κ3) is 3.50. The molecule has 2 aromatic rings. The number of aromatic nitrogens is 2. The number of carbonyl (C=O) groups is 1. The number of pyridine rings is 1. The van der Waals surface area contributed by atoms with E-state index in [0.717, 1.165) is 16.7 Å². The number of nitrogens with zero attached hydrogens (tertiary/aromatic N) is 3. The van der Waals surface area contributed by atoms with E-state index >= 15 is 0 Å². The van der Waals surface area contributed by atoms with Crippen molar-refractivity contribution >= 4 is 23.1 Å². The van der Waals surface area contributed by atoms with Crippen LogP contribution in [0, 0.1) is 0 Å². The van der Waals surface area contributed by atoms with Crippen LogP contribution in [0.4, 0.5) is 19.0 Å². The van der Waals surface area contributed by atoms with Gasteiger partial charge in [-0.25, -0.2) is 14.8 Å². The zero-order valence-electron chi connectivity index (χ0n) is 12.5. The van der Waals surface area contributed by atoms with Gasteiger partial charge in [-0.2, -0.15) is 13.2 Å². The summed E-state index contributed by atoms with van der Waals surface area (Å²) < 4.78 is 37.9. The Bertz CT molecular complexity index is 740. The Morgan fingerprint density at radius 1 is 1.25 bits per heavy atom. The Labute approximate surface area is 139 Å². The SMILES string of the molecule is O=C(O)c1cccc(N2CCC(c3nc(C(F)(F)F)cs3)CC2)n1. The second-order valence-corrected chi connectivity index (χ2v) is 6.41. The zero-order chi connectivity index (χ0) is 17.3. The fourth-order valence-corrected chi connectivity index (χ4v) is 3.68. The molecule has 24 heavy (non-hydrogen) atoms. The molecule has 2 aromatic heterocycles. The summed E-state index contributed by atoms with van der Waals surface area (Å²) in [4.78, 5) is 20.7. The summed E-state index contributed by atoms with van der Waals surface area (Å²) in [6.45, 7) is 1.20. The number of hydrogen-bond donors (Lipinski definition) is 1. The molecule has 0 spiro atoms. The first-order chi connectivity index (χ1) is 11.3. The molecule has 1 saturated heterocycles. The van der Waals surface area contributed by atoms with Crippen molar-refractivity contribution in [3.63, 3.8) is 0 Å². The lowest BCUT2D eigenvalue weighted by atomic mass is 9.97. The average molecular weight is 357 g/mol. The lowest BCUT2D eigenvalue weighted by molar-refractivity contribution is -0.140. The van der Waals surface area contributed by atoms with Gasteiger partial charge in [0.1, 0.15) is 5.82 Å². The highest BCUT2D eigenvalue weighted by Gasteiger charge is 2.35. The van der Waals surface area contributed by atoms with Gasteiger partial charge in [0.05, 0.1) is 5.01 Å². The summed E-state index contributed by atoms with van der Waals surface area (Å²) in [5.74, 6) is -0.525. The maximum absolute atomic E-state index is 12.6. The van der Waals surface area contributed by atoms with Crippen molar-refractivity contribution in [3.05, 3.63) is 40.0 Å². The predicted octanol–water partition coefficient (Wildman–Crippen LogP) is 3.64. The van der Waals surface area contributed by atoms with Crippen molar-refractivity contribution in [2.75, 3.05) is 18.0 Å². The molecule has 0 radical (unpaired) electrons. The molecule has 0 amide bonds. The summed E-state index contributed by atoms with van der Waals surface area (Å²) in [6, 6.07) is 4.79. The molecule has 0 saturated carbocycles. The van der Waals surface area contributed by atoms with E-state index in [2.05, 4.69) is 9.97 Å². The van der Waals surface area contributed by atoms with Crippen LogP contribution >= 0.6 is 11.3 Å². The van der Waals surface area contributed by atoms with Gasteiger partial charge in [-0.3, -0.25) is 0 Å². The fraction of sp³-hybridized carbons (Fsp3) is 0.400. The molecule has 0 atom stereocenters. The van der Waals surface area contributed by atoms with Crippen molar-refractivity contribution in [2.24, 2.45) is 0 Å². The highest BCUT2D eigenvalue weighted by molar-refractivity contribution is 7.09. The van der Waals surface area contributed by atoms with Crippen molar-refractivity contribution in [2.45, 2.75) is 24.9 Å². The lowest BCUT2D eigenvalue weighted by Crippen LogP contribution is -2.33. The van der Waals surface area contributed by atoms with Crippen LogP contribution in [0.25, 0.3) is 0 Å². The topological polar surface area (TPSA) is 66.3 Å². The van der Waals surface area contributed by atoms with Crippen molar-refractivity contribution in [1.82, 2.24) is 9.97 Å². The highest BCUT2D eigenvalue weighted by atomic mass is 32.1. The predicted molar refractivity (Wildman–Crippen MR) is 82.5 cm³/mol. The lowest BCUT2D eigenvalue weighted by Gasteiger charge is -2.32. The molecule has 1 N–H and O–H groups in total. The maximum atomic E-state index is 12.6. The van der Waals surface area contributed by atoms with Gasteiger partial charge >= 0.3 is 12.1 Å². The summed E-state index contributed by atoms with van der Waals surface area (Å²) in [5, 5.41) is 10.6. The Morgan fingerprint density at radius 2 is 1.96 bits per heavy atom. The van der Waals surface area contributed by atoms with Crippen LogP contribution < -0.4 is 4.90 Å². The van der Waals surface area contributed by atoms with Crippen LogP contribution in [0.1, 0.15) is 39.9 Å². The standard InChI is InChI=1S/C15H14F3N3O2S/c16-15(17,18)11-8-24-13(20-11)9-4-6-21(7-5-9)12-3-1-2-10(19-12)14(22)23/h1-3,8-9H,4-7H2,(H,22,23). The van der Waals surface area contributed by atoms with E-state index in [0.29, 0.717) is 36.8 Å². The second kappa shape index (κ2) is 6.39. The molecule has 9 heteroatoms. The van der Waals surface area contributed by atoms with Crippen LogP contribution in [-0.2, 0) is 6.18 Å². The number of anilines is 1. The monoisotopic (exact) mass is 357 g/mol. The summed E-state index contributed by atoms with van der Waals surface area (Å²) in [7, 11) is 0. The molecule has 128 valence electrons. The van der Waals surface area contributed by atoms with Gasteiger partial charge in [0, 0.05) is 24.4 Å².